The van der Waals surface area contributed by atoms with Crippen molar-refractivity contribution in [1.29, 1.82) is 0 Å². The lowest BCUT2D eigenvalue weighted by atomic mass is 10.3. The Hall–Kier alpha value is 0.684. The fourth-order valence-corrected chi connectivity index (χ4v) is 29.7. The third-order valence-corrected chi connectivity index (χ3v) is 28.5. The molecule has 0 aliphatic carbocycles. The zero-order valence-corrected chi connectivity index (χ0v) is 33.0. The van der Waals surface area contributed by atoms with Crippen molar-refractivity contribution in [2.45, 2.75) is 99.5 Å². The minimum Gasteiger partial charge on any atom is -0.378 e. The van der Waals surface area contributed by atoms with E-state index < -0.39 is 44.0 Å². The van der Waals surface area contributed by atoms with Crippen molar-refractivity contribution in [1.82, 2.24) is 0 Å². The van der Waals surface area contributed by atoms with Crippen molar-refractivity contribution >= 4 is 44.0 Å². The van der Waals surface area contributed by atoms with Crippen molar-refractivity contribution in [2.24, 2.45) is 29.6 Å². The SMILES string of the molecule is CO[Si]1(CC(C)C)O[Si](CC(C)C)(OC)O[Si](CC(C)C)(OC)O[Si](CC(C)C)(OC)O[Si](CC(C)C)(OC)O1. The van der Waals surface area contributed by atoms with Gasteiger partial charge in [-0.15, -0.1) is 0 Å². The van der Waals surface area contributed by atoms with Crippen molar-refractivity contribution in [3.05, 3.63) is 0 Å². The Morgan fingerprint density at radius 2 is 0.450 bits per heavy atom. The second-order valence-corrected chi connectivity index (χ2v) is 27.9. The second kappa shape index (κ2) is 16.1. The fraction of sp³-hybridized carbons (Fsp3) is 1.00. The summed E-state index contributed by atoms with van der Waals surface area (Å²) in [5.74, 6) is 1.02. The molecular weight excluding hydrogens is 601 g/mol. The summed E-state index contributed by atoms with van der Waals surface area (Å²) in [7, 11) is -9.42. The molecule has 240 valence electrons. The maximum atomic E-state index is 7.10. The molecule has 0 bridgehead atoms. The van der Waals surface area contributed by atoms with E-state index in [2.05, 4.69) is 69.2 Å². The monoisotopic (exact) mass is 660 g/mol. The van der Waals surface area contributed by atoms with Gasteiger partial charge in [0.2, 0.25) is 0 Å². The third-order valence-electron chi connectivity index (χ3n) is 6.40. The third kappa shape index (κ3) is 11.0. The van der Waals surface area contributed by atoms with Crippen LogP contribution in [0.15, 0.2) is 0 Å². The van der Waals surface area contributed by atoms with E-state index >= 15 is 0 Å². The molecule has 1 saturated heterocycles. The van der Waals surface area contributed by atoms with Crippen molar-refractivity contribution in [2.75, 3.05) is 35.5 Å². The van der Waals surface area contributed by atoms with Gasteiger partial charge >= 0.3 is 44.0 Å². The van der Waals surface area contributed by atoms with E-state index in [1.807, 2.05) is 0 Å². The average molecular weight is 661 g/mol. The first-order valence-electron chi connectivity index (χ1n) is 14.7. The number of hydrogen-bond acceptors (Lipinski definition) is 10. The van der Waals surface area contributed by atoms with Crippen LogP contribution in [0.4, 0.5) is 0 Å². The predicted octanol–water partition coefficient (Wildman–Crippen LogP) is 6.29. The molecule has 0 N–H and O–H groups in total. The largest absolute Gasteiger partial charge is 0.486 e. The minimum absolute atomic E-state index is 0.205. The zero-order valence-electron chi connectivity index (χ0n) is 28.0. The maximum absolute atomic E-state index is 7.10. The lowest BCUT2D eigenvalue weighted by Gasteiger charge is -2.50. The van der Waals surface area contributed by atoms with Gasteiger partial charge in [-0.3, -0.25) is 0 Å². The summed E-state index contributed by atoms with van der Waals surface area (Å²) in [4.78, 5) is 0. The van der Waals surface area contributed by atoms with E-state index in [0.717, 1.165) is 0 Å². The van der Waals surface area contributed by atoms with E-state index in [1.54, 1.807) is 35.5 Å². The van der Waals surface area contributed by atoms with Gasteiger partial charge in [-0.2, -0.15) is 0 Å². The molecule has 0 aromatic heterocycles. The highest BCUT2D eigenvalue weighted by molar-refractivity contribution is 6.89. The van der Waals surface area contributed by atoms with Gasteiger partial charge in [-0.1, -0.05) is 69.2 Å². The number of rotatable bonds is 15. The Kier molecular flexibility index (Phi) is 15.6. The molecule has 1 heterocycles. The Morgan fingerprint density at radius 3 is 0.525 bits per heavy atom. The summed E-state index contributed by atoms with van der Waals surface area (Å²) in [6.07, 6.45) is 0. The second-order valence-electron chi connectivity index (χ2n) is 12.9. The molecule has 1 fully saturated rings. The molecule has 0 unspecified atom stereocenters. The molecule has 0 amide bonds. The summed E-state index contributed by atoms with van der Waals surface area (Å²) < 4.78 is 67.1. The van der Waals surface area contributed by atoms with E-state index in [1.165, 1.54) is 0 Å². The molecule has 1 rings (SSSR count). The van der Waals surface area contributed by atoms with Gasteiger partial charge in [0, 0.05) is 65.8 Å². The van der Waals surface area contributed by atoms with Crippen LogP contribution in [0, 0.1) is 29.6 Å². The highest BCUT2D eigenvalue weighted by atomic mass is 28.6. The normalized spacial score (nSPS) is 34.5. The Bertz CT molecular complexity index is 591. The summed E-state index contributed by atoms with van der Waals surface area (Å²) in [5, 5.41) is 0. The van der Waals surface area contributed by atoms with E-state index in [4.69, 9.17) is 42.7 Å². The highest BCUT2D eigenvalue weighted by Gasteiger charge is 2.68. The molecule has 15 heteroatoms. The van der Waals surface area contributed by atoms with E-state index in [9.17, 15) is 0 Å². The lowest BCUT2D eigenvalue weighted by Crippen LogP contribution is -2.73. The molecule has 10 nitrogen and oxygen atoms in total. The van der Waals surface area contributed by atoms with Crippen LogP contribution in [0.25, 0.3) is 0 Å². The molecular formula is C25H60O10Si5. The maximum Gasteiger partial charge on any atom is 0.486 e. The van der Waals surface area contributed by atoms with Gasteiger partial charge in [-0.25, -0.2) is 0 Å². The van der Waals surface area contributed by atoms with Crippen LogP contribution < -0.4 is 0 Å². The molecule has 1 aliphatic rings. The zero-order chi connectivity index (χ0) is 31.0. The predicted molar refractivity (Wildman–Crippen MR) is 167 cm³/mol. The quantitative estimate of drug-likeness (QED) is 0.187. The van der Waals surface area contributed by atoms with Crippen LogP contribution in [-0.4, -0.2) is 79.6 Å². The van der Waals surface area contributed by atoms with Gasteiger partial charge in [-0.05, 0) is 29.6 Å². The average Bonchev–Trinajstić information content (AvgIpc) is 2.81. The molecule has 0 aromatic rings. The molecule has 0 spiro atoms. The van der Waals surface area contributed by atoms with Gasteiger partial charge in [0.25, 0.3) is 0 Å². The van der Waals surface area contributed by atoms with Crippen LogP contribution in [0.5, 0.6) is 0 Å². The molecule has 1 aliphatic heterocycles. The molecule has 0 aromatic carbocycles. The minimum atomic E-state index is -3.53. The van der Waals surface area contributed by atoms with Crippen LogP contribution in [0.1, 0.15) is 69.2 Å². The number of hydrogen-bond donors (Lipinski definition) is 0. The van der Waals surface area contributed by atoms with Crippen molar-refractivity contribution < 1.29 is 42.7 Å². The first-order chi connectivity index (χ1) is 18.4. The van der Waals surface area contributed by atoms with Crippen molar-refractivity contribution in [3.63, 3.8) is 0 Å². The molecule has 0 atom stereocenters. The van der Waals surface area contributed by atoms with E-state index in [0.29, 0.717) is 30.2 Å². The van der Waals surface area contributed by atoms with Crippen LogP contribution >= 0.6 is 0 Å². The Morgan fingerprint density at radius 1 is 0.325 bits per heavy atom. The Balaban J connectivity index is 4.19. The summed E-state index contributed by atoms with van der Waals surface area (Å²) >= 11 is 0. The first-order valence-corrected chi connectivity index (χ1v) is 24.3. The summed E-state index contributed by atoms with van der Waals surface area (Å²) in [5.41, 5.74) is 0. The van der Waals surface area contributed by atoms with Crippen molar-refractivity contribution in [3.8, 4) is 0 Å². The highest BCUT2D eigenvalue weighted by Crippen LogP contribution is 2.42. The Labute approximate surface area is 250 Å². The summed E-state index contributed by atoms with van der Waals surface area (Å²) in [6.45, 7) is 21.3. The van der Waals surface area contributed by atoms with Crippen LogP contribution in [-0.2, 0) is 42.7 Å². The smallest absolute Gasteiger partial charge is 0.378 e. The van der Waals surface area contributed by atoms with Gasteiger partial charge in [0.15, 0.2) is 0 Å². The molecule has 0 radical (unpaired) electrons. The van der Waals surface area contributed by atoms with E-state index in [-0.39, 0.29) is 29.6 Å². The van der Waals surface area contributed by atoms with Gasteiger partial charge in [0.05, 0.1) is 0 Å². The topological polar surface area (TPSA) is 92.3 Å². The molecule has 0 saturated carbocycles. The first kappa shape index (κ1) is 38.7. The lowest BCUT2D eigenvalue weighted by molar-refractivity contribution is 0.0325. The van der Waals surface area contributed by atoms with Gasteiger partial charge < -0.3 is 42.7 Å². The standard InChI is InChI=1S/C25H60O10Si5/c1-21(2)16-36(26-11)31-37(27-12,17-22(3)4)33-39(29-14,19-24(7)8)35-40(30-15,20-25(9)10)34-38(28-13,32-36)18-23(5)6/h21-25H,16-20H2,1-15H3. The van der Waals surface area contributed by atoms with Gasteiger partial charge in [0.1, 0.15) is 0 Å². The van der Waals surface area contributed by atoms with Crippen LogP contribution in [0.2, 0.25) is 30.2 Å². The van der Waals surface area contributed by atoms with Crippen LogP contribution in [0.3, 0.4) is 0 Å². The molecule has 40 heavy (non-hydrogen) atoms. The summed E-state index contributed by atoms with van der Waals surface area (Å²) in [6, 6.07) is 2.71. The fourth-order valence-electron chi connectivity index (χ4n) is 5.04.